The molecule has 0 saturated heterocycles. The van der Waals surface area contributed by atoms with Gasteiger partial charge in [-0.2, -0.15) is 5.26 Å². The van der Waals surface area contributed by atoms with Gasteiger partial charge < -0.3 is 5.32 Å². The molecule has 0 radical (unpaired) electrons. The van der Waals surface area contributed by atoms with Crippen molar-refractivity contribution in [3.63, 3.8) is 0 Å². The van der Waals surface area contributed by atoms with Crippen LogP contribution in [0.2, 0.25) is 0 Å². The second-order valence-electron chi connectivity index (χ2n) is 3.97. The average molecular weight is 254 g/mol. The summed E-state index contributed by atoms with van der Waals surface area (Å²) in [6, 6.07) is 15.0. The zero-order chi connectivity index (χ0) is 13.7. The van der Waals surface area contributed by atoms with Gasteiger partial charge in [-0.05, 0) is 23.8 Å². The molecule has 0 aromatic heterocycles. The van der Waals surface area contributed by atoms with Crippen molar-refractivity contribution in [2.45, 2.75) is 6.54 Å². The summed E-state index contributed by atoms with van der Waals surface area (Å²) in [6.45, 7) is 0.332. The number of amides is 1. The number of nitrogens with zero attached hydrogens (tertiary/aromatic N) is 1. The molecule has 2 rings (SSSR count). The lowest BCUT2D eigenvalue weighted by molar-refractivity contribution is 0.0947. The second-order valence-corrected chi connectivity index (χ2v) is 3.97. The minimum atomic E-state index is -0.690. The van der Waals surface area contributed by atoms with Crippen LogP contribution in [0.4, 0.5) is 4.39 Å². The van der Waals surface area contributed by atoms with Gasteiger partial charge in [0.1, 0.15) is 5.82 Å². The molecule has 0 saturated carbocycles. The number of hydrogen-bond donors (Lipinski definition) is 1. The summed E-state index contributed by atoms with van der Waals surface area (Å²) in [7, 11) is 0. The molecule has 1 amide bonds. The normalized spacial score (nSPS) is 9.68. The maximum atomic E-state index is 13.6. The van der Waals surface area contributed by atoms with Crippen LogP contribution in [0.25, 0.3) is 0 Å². The molecular weight excluding hydrogens is 243 g/mol. The number of nitrogens with one attached hydrogen (secondary N) is 1. The van der Waals surface area contributed by atoms with Crippen molar-refractivity contribution >= 4 is 5.91 Å². The molecule has 19 heavy (non-hydrogen) atoms. The molecule has 0 fully saturated rings. The quantitative estimate of drug-likeness (QED) is 0.915. The summed E-state index contributed by atoms with van der Waals surface area (Å²) in [4.78, 5) is 11.8. The van der Waals surface area contributed by atoms with Crippen LogP contribution in [0.1, 0.15) is 21.5 Å². The van der Waals surface area contributed by atoms with Crippen LogP contribution in [0.15, 0.2) is 48.5 Å². The van der Waals surface area contributed by atoms with Crippen molar-refractivity contribution < 1.29 is 9.18 Å². The van der Waals surface area contributed by atoms with Gasteiger partial charge in [-0.1, -0.05) is 30.3 Å². The van der Waals surface area contributed by atoms with E-state index in [9.17, 15) is 9.18 Å². The molecule has 0 aliphatic rings. The van der Waals surface area contributed by atoms with Crippen molar-refractivity contribution in [3.05, 3.63) is 71.0 Å². The fraction of sp³-hybridized carbons (Fsp3) is 0.0667. The zero-order valence-electron chi connectivity index (χ0n) is 10.1. The Morgan fingerprint density at radius 2 is 1.95 bits per heavy atom. The van der Waals surface area contributed by atoms with E-state index in [1.165, 1.54) is 12.1 Å². The number of halogens is 1. The first-order chi connectivity index (χ1) is 9.20. The Balaban J connectivity index is 2.07. The largest absolute Gasteiger partial charge is 0.348 e. The van der Waals surface area contributed by atoms with E-state index in [0.717, 1.165) is 11.6 Å². The van der Waals surface area contributed by atoms with Crippen molar-refractivity contribution in [2.75, 3.05) is 0 Å². The van der Waals surface area contributed by atoms with Crippen LogP contribution in [-0.2, 0) is 6.54 Å². The minimum absolute atomic E-state index is 0.0602. The Hall–Kier alpha value is -2.67. The summed E-state index contributed by atoms with van der Waals surface area (Å²) in [5, 5.41) is 11.3. The average Bonchev–Trinajstić information content (AvgIpc) is 2.45. The first-order valence-electron chi connectivity index (χ1n) is 5.72. The first kappa shape index (κ1) is 12.8. The smallest absolute Gasteiger partial charge is 0.254 e. The maximum Gasteiger partial charge on any atom is 0.254 e. The van der Waals surface area contributed by atoms with Crippen LogP contribution in [0.3, 0.4) is 0 Å². The van der Waals surface area contributed by atoms with E-state index in [4.69, 9.17) is 5.26 Å². The fourth-order valence-corrected chi connectivity index (χ4v) is 1.64. The van der Waals surface area contributed by atoms with Gasteiger partial charge in [0, 0.05) is 6.54 Å². The standard InChI is InChI=1S/C15H11FN2O/c16-14-8-12(9-17)6-7-13(14)15(19)18-10-11-4-2-1-3-5-11/h1-8H,10H2,(H,18,19). The van der Waals surface area contributed by atoms with E-state index in [1.54, 1.807) is 0 Å². The zero-order valence-corrected chi connectivity index (χ0v) is 10.1. The van der Waals surface area contributed by atoms with Gasteiger partial charge in [-0.25, -0.2) is 4.39 Å². The Kier molecular flexibility index (Phi) is 3.89. The summed E-state index contributed by atoms with van der Waals surface area (Å²) in [5.74, 6) is -1.18. The van der Waals surface area contributed by atoms with Crippen LogP contribution >= 0.6 is 0 Å². The molecule has 3 nitrogen and oxygen atoms in total. The predicted octanol–water partition coefficient (Wildman–Crippen LogP) is 2.63. The highest BCUT2D eigenvalue weighted by Crippen LogP contribution is 2.10. The molecule has 1 N–H and O–H groups in total. The highest BCUT2D eigenvalue weighted by atomic mass is 19.1. The lowest BCUT2D eigenvalue weighted by atomic mass is 10.1. The van der Waals surface area contributed by atoms with Crippen LogP contribution in [0, 0.1) is 17.1 Å². The van der Waals surface area contributed by atoms with Gasteiger partial charge >= 0.3 is 0 Å². The van der Waals surface area contributed by atoms with E-state index in [0.29, 0.717) is 6.54 Å². The van der Waals surface area contributed by atoms with Gasteiger partial charge in [0.15, 0.2) is 0 Å². The van der Waals surface area contributed by atoms with Crippen LogP contribution < -0.4 is 5.32 Å². The second kappa shape index (κ2) is 5.78. The number of carbonyl (C=O) groups is 1. The van der Waals surface area contributed by atoms with E-state index >= 15 is 0 Å². The highest BCUT2D eigenvalue weighted by Gasteiger charge is 2.11. The van der Waals surface area contributed by atoms with Gasteiger partial charge in [0.2, 0.25) is 0 Å². The maximum absolute atomic E-state index is 13.6. The number of hydrogen-bond acceptors (Lipinski definition) is 2. The monoisotopic (exact) mass is 254 g/mol. The Morgan fingerprint density at radius 1 is 1.21 bits per heavy atom. The van der Waals surface area contributed by atoms with E-state index in [-0.39, 0.29) is 11.1 Å². The number of carbonyl (C=O) groups excluding carboxylic acids is 1. The molecule has 4 heteroatoms. The van der Waals surface area contributed by atoms with Crippen molar-refractivity contribution in [2.24, 2.45) is 0 Å². The van der Waals surface area contributed by atoms with Crippen LogP contribution in [-0.4, -0.2) is 5.91 Å². The molecule has 0 unspecified atom stereocenters. The third-order valence-electron chi connectivity index (χ3n) is 2.64. The molecular formula is C15H11FN2O. The Bertz CT molecular complexity index is 632. The topological polar surface area (TPSA) is 52.9 Å². The highest BCUT2D eigenvalue weighted by molar-refractivity contribution is 5.94. The van der Waals surface area contributed by atoms with Gasteiger partial charge in [-0.3, -0.25) is 4.79 Å². The fourth-order valence-electron chi connectivity index (χ4n) is 1.64. The molecule has 0 atom stereocenters. The Morgan fingerprint density at radius 3 is 2.58 bits per heavy atom. The summed E-state index contributed by atoms with van der Waals surface area (Å²) >= 11 is 0. The van der Waals surface area contributed by atoms with Gasteiger partial charge in [0.25, 0.3) is 5.91 Å². The lowest BCUT2D eigenvalue weighted by Crippen LogP contribution is -2.23. The van der Waals surface area contributed by atoms with Gasteiger partial charge in [-0.15, -0.1) is 0 Å². The summed E-state index contributed by atoms with van der Waals surface area (Å²) in [5.41, 5.74) is 1.07. The molecule has 2 aromatic rings. The third kappa shape index (κ3) is 3.17. The van der Waals surface area contributed by atoms with Crippen molar-refractivity contribution in [1.82, 2.24) is 5.32 Å². The van der Waals surface area contributed by atoms with E-state index < -0.39 is 11.7 Å². The number of rotatable bonds is 3. The molecule has 2 aromatic carbocycles. The third-order valence-corrected chi connectivity index (χ3v) is 2.64. The lowest BCUT2D eigenvalue weighted by Gasteiger charge is -2.06. The summed E-state index contributed by atoms with van der Waals surface area (Å²) in [6.07, 6.45) is 0. The SMILES string of the molecule is N#Cc1ccc(C(=O)NCc2ccccc2)c(F)c1. The Labute approximate surface area is 110 Å². The molecule has 0 aliphatic heterocycles. The molecule has 0 spiro atoms. The van der Waals surface area contributed by atoms with Crippen LogP contribution in [0.5, 0.6) is 0 Å². The molecule has 0 heterocycles. The number of benzene rings is 2. The first-order valence-corrected chi connectivity index (χ1v) is 5.72. The minimum Gasteiger partial charge on any atom is -0.348 e. The van der Waals surface area contributed by atoms with E-state index in [1.807, 2.05) is 36.4 Å². The van der Waals surface area contributed by atoms with Crippen molar-refractivity contribution in [3.8, 4) is 6.07 Å². The van der Waals surface area contributed by atoms with Crippen molar-refractivity contribution in [1.29, 1.82) is 5.26 Å². The summed E-state index contributed by atoms with van der Waals surface area (Å²) < 4.78 is 13.6. The van der Waals surface area contributed by atoms with Gasteiger partial charge in [0.05, 0.1) is 17.2 Å². The molecule has 0 bridgehead atoms. The van der Waals surface area contributed by atoms with E-state index in [2.05, 4.69) is 5.32 Å². The molecule has 94 valence electrons. The number of nitriles is 1. The predicted molar refractivity (Wildman–Crippen MR) is 68.7 cm³/mol. The molecule has 0 aliphatic carbocycles.